The third kappa shape index (κ3) is 3.45. The van der Waals surface area contributed by atoms with Gasteiger partial charge in [-0.15, -0.1) is 0 Å². The molecule has 0 nitrogen and oxygen atoms in total. The van der Waals surface area contributed by atoms with Gasteiger partial charge >= 0.3 is 0 Å². The predicted molar refractivity (Wildman–Crippen MR) is 67.7 cm³/mol. The number of benzene rings is 1. The summed E-state index contributed by atoms with van der Waals surface area (Å²) in [7, 11) is 0. The fraction of sp³-hybridized carbons (Fsp3) is 0.455. The average Bonchev–Trinajstić information content (AvgIpc) is 2.16. The van der Waals surface area contributed by atoms with E-state index in [1.165, 1.54) is 0 Å². The second-order valence-corrected chi connectivity index (χ2v) is 4.96. The molecule has 0 aromatic heterocycles. The average molecular weight is 296 g/mol. The van der Waals surface area contributed by atoms with Crippen LogP contribution in [0.1, 0.15) is 18.9 Å². The van der Waals surface area contributed by atoms with Crippen molar-refractivity contribution in [3.05, 3.63) is 33.8 Å². The van der Waals surface area contributed by atoms with E-state index in [-0.39, 0.29) is 0 Å². The van der Waals surface area contributed by atoms with Crippen molar-refractivity contribution in [3.63, 3.8) is 0 Å². The van der Waals surface area contributed by atoms with Crippen molar-refractivity contribution >= 4 is 39.1 Å². The van der Waals surface area contributed by atoms with Crippen LogP contribution in [0.15, 0.2) is 18.2 Å². The van der Waals surface area contributed by atoms with Gasteiger partial charge in [0, 0.05) is 15.4 Å². The van der Waals surface area contributed by atoms with Crippen molar-refractivity contribution in [1.82, 2.24) is 0 Å². The molecule has 0 aliphatic heterocycles. The molecule has 0 saturated heterocycles. The summed E-state index contributed by atoms with van der Waals surface area (Å²) in [4.78, 5) is 0. The molecular formula is C11H13BrCl2. The molecule has 0 fully saturated rings. The molecule has 1 aromatic carbocycles. The van der Waals surface area contributed by atoms with Gasteiger partial charge < -0.3 is 0 Å². The van der Waals surface area contributed by atoms with Crippen LogP contribution in [-0.4, -0.2) is 5.33 Å². The number of alkyl halides is 1. The molecule has 0 bridgehead atoms. The molecule has 1 rings (SSSR count). The molecule has 3 heteroatoms. The number of hydrogen-bond donors (Lipinski definition) is 0. The van der Waals surface area contributed by atoms with Gasteiger partial charge in [-0.3, -0.25) is 0 Å². The first-order valence-corrected chi connectivity index (χ1v) is 6.51. The molecular weight excluding hydrogens is 283 g/mol. The Morgan fingerprint density at radius 3 is 2.36 bits per heavy atom. The largest absolute Gasteiger partial charge is 0.0925 e. The van der Waals surface area contributed by atoms with Crippen molar-refractivity contribution in [2.24, 2.45) is 5.92 Å². The zero-order valence-corrected chi connectivity index (χ0v) is 11.2. The van der Waals surface area contributed by atoms with E-state index >= 15 is 0 Å². The molecule has 1 atom stereocenters. The number of rotatable bonds is 4. The zero-order valence-electron chi connectivity index (χ0n) is 8.06. The Bertz CT molecular complexity index is 279. The van der Waals surface area contributed by atoms with Gasteiger partial charge in [0.2, 0.25) is 0 Å². The minimum absolute atomic E-state index is 0.655. The zero-order chi connectivity index (χ0) is 10.6. The molecule has 0 radical (unpaired) electrons. The molecule has 0 saturated carbocycles. The lowest BCUT2D eigenvalue weighted by molar-refractivity contribution is 0.600. The molecule has 14 heavy (non-hydrogen) atoms. The lowest BCUT2D eigenvalue weighted by atomic mass is 10.0. The molecule has 1 unspecified atom stereocenters. The van der Waals surface area contributed by atoms with Crippen LogP contribution in [-0.2, 0) is 6.42 Å². The third-order valence-electron chi connectivity index (χ3n) is 2.21. The minimum Gasteiger partial charge on any atom is -0.0925 e. The Morgan fingerprint density at radius 1 is 1.29 bits per heavy atom. The maximum Gasteiger partial charge on any atom is 0.0452 e. The Hall–Kier alpha value is 0.280. The Kier molecular flexibility index (Phi) is 5.29. The molecule has 0 N–H and O–H groups in total. The molecule has 1 aromatic rings. The Labute approximate surface area is 104 Å². The van der Waals surface area contributed by atoms with E-state index < -0.39 is 0 Å². The van der Waals surface area contributed by atoms with E-state index in [9.17, 15) is 0 Å². The predicted octanol–water partition coefficient (Wildman–Crippen LogP) is 4.96. The first kappa shape index (κ1) is 12.4. The van der Waals surface area contributed by atoms with E-state index in [0.29, 0.717) is 5.92 Å². The van der Waals surface area contributed by atoms with Gasteiger partial charge in [-0.1, -0.05) is 52.1 Å². The maximum absolute atomic E-state index is 6.06. The lowest BCUT2D eigenvalue weighted by Gasteiger charge is -2.09. The molecule has 0 aliphatic carbocycles. The summed E-state index contributed by atoms with van der Waals surface area (Å²) >= 11 is 15.6. The van der Waals surface area contributed by atoms with Crippen molar-refractivity contribution in [2.45, 2.75) is 19.8 Å². The first-order chi connectivity index (χ1) is 6.65. The SMILES string of the molecule is CC(CBr)CCc1c(Cl)cccc1Cl. The van der Waals surface area contributed by atoms with E-state index in [0.717, 1.165) is 33.8 Å². The maximum atomic E-state index is 6.06. The van der Waals surface area contributed by atoms with E-state index in [2.05, 4.69) is 22.9 Å². The topological polar surface area (TPSA) is 0 Å². The van der Waals surface area contributed by atoms with E-state index in [1.807, 2.05) is 18.2 Å². The number of halogens is 3. The van der Waals surface area contributed by atoms with Crippen molar-refractivity contribution in [3.8, 4) is 0 Å². The monoisotopic (exact) mass is 294 g/mol. The minimum atomic E-state index is 0.655. The van der Waals surface area contributed by atoms with E-state index in [4.69, 9.17) is 23.2 Å². The van der Waals surface area contributed by atoms with E-state index in [1.54, 1.807) is 0 Å². The number of hydrogen-bond acceptors (Lipinski definition) is 0. The highest BCUT2D eigenvalue weighted by Gasteiger charge is 2.07. The third-order valence-corrected chi connectivity index (χ3v) is 4.03. The molecule has 0 amide bonds. The standard InChI is InChI=1S/C11H13BrCl2/c1-8(7-12)5-6-9-10(13)3-2-4-11(9)14/h2-4,8H,5-7H2,1H3. The van der Waals surface area contributed by atoms with Gasteiger partial charge in [0.1, 0.15) is 0 Å². The summed E-state index contributed by atoms with van der Waals surface area (Å²) in [5.41, 5.74) is 1.07. The van der Waals surface area contributed by atoms with Gasteiger partial charge in [-0.2, -0.15) is 0 Å². The Morgan fingerprint density at radius 2 is 1.86 bits per heavy atom. The molecule has 0 aliphatic rings. The molecule has 0 spiro atoms. The fourth-order valence-electron chi connectivity index (χ4n) is 1.24. The fourth-order valence-corrected chi connectivity index (χ4v) is 2.15. The summed E-state index contributed by atoms with van der Waals surface area (Å²) in [6, 6.07) is 5.66. The van der Waals surface area contributed by atoms with Crippen LogP contribution in [0.5, 0.6) is 0 Å². The van der Waals surface area contributed by atoms with Gasteiger partial charge in [-0.05, 0) is 36.5 Å². The van der Waals surface area contributed by atoms with Crippen LogP contribution < -0.4 is 0 Å². The molecule has 0 heterocycles. The lowest BCUT2D eigenvalue weighted by Crippen LogP contribution is -1.99. The summed E-state index contributed by atoms with van der Waals surface area (Å²) in [6.07, 6.45) is 2.06. The van der Waals surface area contributed by atoms with Gasteiger partial charge in [0.25, 0.3) is 0 Å². The smallest absolute Gasteiger partial charge is 0.0452 e. The van der Waals surface area contributed by atoms with Crippen molar-refractivity contribution < 1.29 is 0 Å². The van der Waals surface area contributed by atoms with Crippen LogP contribution in [0.4, 0.5) is 0 Å². The highest BCUT2D eigenvalue weighted by Crippen LogP contribution is 2.26. The Balaban J connectivity index is 2.66. The van der Waals surface area contributed by atoms with Gasteiger partial charge in [0.05, 0.1) is 0 Å². The van der Waals surface area contributed by atoms with Gasteiger partial charge in [-0.25, -0.2) is 0 Å². The first-order valence-electron chi connectivity index (χ1n) is 4.64. The molecule has 78 valence electrons. The van der Waals surface area contributed by atoms with Crippen LogP contribution in [0, 0.1) is 5.92 Å². The summed E-state index contributed by atoms with van der Waals surface area (Å²) in [6.45, 7) is 2.21. The normalized spacial score (nSPS) is 12.9. The van der Waals surface area contributed by atoms with Crippen LogP contribution in [0.3, 0.4) is 0 Å². The highest BCUT2D eigenvalue weighted by molar-refractivity contribution is 9.09. The van der Waals surface area contributed by atoms with Crippen molar-refractivity contribution in [2.75, 3.05) is 5.33 Å². The summed E-state index contributed by atoms with van der Waals surface area (Å²) in [5, 5.41) is 2.58. The highest BCUT2D eigenvalue weighted by atomic mass is 79.9. The van der Waals surface area contributed by atoms with Crippen LogP contribution in [0.25, 0.3) is 0 Å². The van der Waals surface area contributed by atoms with Crippen molar-refractivity contribution in [1.29, 1.82) is 0 Å². The van der Waals surface area contributed by atoms with Crippen LogP contribution >= 0.6 is 39.1 Å². The quantitative estimate of drug-likeness (QED) is 0.689. The van der Waals surface area contributed by atoms with Gasteiger partial charge in [0.15, 0.2) is 0 Å². The second-order valence-electron chi connectivity index (χ2n) is 3.50. The summed E-state index contributed by atoms with van der Waals surface area (Å²) < 4.78 is 0. The second kappa shape index (κ2) is 5.99. The summed E-state index contributed by atoms with van der Waals surface area (Å²) in [5.74, 6) is 0.655. The van der Waals surface area contributed by atoms with Crippen LogP contribution in [0.2, 0.25) is 10.0 Å².